The Kier molecular flexibility index (Phi) is 6.08. The number of fused-ring (bicyclic) bond motifs is 1. The predicted molar refractivity (Wildman–Crippen MR) is 113 cm³/mol. The maximum absolute atomic E-state index is 11.6. The van der Waals surface area contributed by atoms with E-state index in [9.17, 15) is 10.3 Å². The summed E-state index contributed by atoms with van der Waals surface area (Å²) in [6, 6.07) is 4.00. The van der Waals surface area contributed by atoms with Crippen molar-refractivity contribution in [1.82, 2.24) is 9.91 Å². The van der Waals surface area contributed by atoms with Crippen LogP contribution in [0, 0.1) is 11.1 Å². The molecule has 1 fully saturated rings. The lowest BCUT2D eigenvalue weighted by Gasteiger charge is -2.41. The van der Waals surface area contributed by atoms with Gasteiger partial charge in [-0.3, -0.25) is 4.99 Å². The van der Waals surface area contributed by atoms with Crippen molar-refractivity contribution in [1.29, 1.82) is 0 Å². The number of hydrogen-bond donors (Lipinski definition) is 1. The van der Waals surface area contributed by atoms with Crippen molar-refractivity contribution >= 4 is 17.9 Å². The van der Waals surface area contributed by atoms with Gasteiger partial charge in [0.15, 0.2) is 18.6 Å². The van der Waals surface area contributed by atoms with Crippen LogP contribution >= 0.6 is 0 Å². The van der Waals surface area contributed by atoms with E-state index in [1.165, 1.54) is 12.6 Å². The molecular weight excluding hydrogens is 368 g/mol. The second-order valence-electron chi connectivity index (χ2n) is 7.98. The van der Waals surface area contributed by atoms with Gasteiger partial charge in [-0.05, 0) is 38.2 Å². The standard InChI is InChI=1S/C21H30N6O2/c1-2-17-14-23-27-19(22-13-16-6-5-9-25(29)15-16)12-20(24-21(17)27)26-10-4-3-7-18(26)8-11-28/h5-6,9,14-15,17-18,21,28H,2-4,7-8,10-13H2,1H3/t17?,18-,21?/m0/s1. The predicted octanol–water partition coefficient (Wildman–Crippen LogP) is 1.91. The van der Waals surface area contributed by atoms with Crippen LogP contribution in [0.15, 0.2) is 39.6 Å². The maximum Gasteiger partial charge on any atom is 0.185 e. The number of rotatable bonds is 5. The average molecular weight is 399 g/mol. The second kappa shape index (κ2) is 8.90. The molecule has 156 valence electrons. The summed E-state index contributed by atoms with van der Waals surface area (Å²) >= 11 is 0. The Hall–Kier alpha value is -2.48. The van der Waals surface area contributed by atoms with Crippen LogP contribution in [0.4, 0.5) is 0 Å². The third kappa shape index (κ3) is 4.27. The van der Waals surface area contributed by atoms with Crippen molar-refractivity contribution in [2.45, 2.75) is 64.2 Å². The quantitative estimate of drug-likeness (QED) is 0.606. The zero-order valence-electron chi connectivity index (χ0n) is 17.0. The first kappa shape index (κ1) is 19.8. The number of hydrogen-bond acceptors (Lipinski definition) is 6. The summed E-state index contributed by atoms with van der Waals surface area (Å²) in [6.07, 6.45) is 10.8. The van der Waals surface area contributed by atoms with E-state index in [1.54, 1.807) is 12.3 Å². The van der Waals surface area contributed by atoms with Crippen LogP contribution in [0.5, 0.6) is 0 Å². The molecule has 0 saturated carbocycles. The monoisotopic (exact) mass is 398 g/mol. The van der Waals surface area contributed by atoms with Crippen molar-refractivity contribution in [3.05, 3.63) is 35.3 Å². The zero-order valence-corrected chi connectivity index (χ0v) is 17.0. The lowest BCUT2D eigenvalue weighted by Crippen LogP contribution is -2.50. The zero-order chi connectivity index (χ0) is 20.2. The molecule has 3 atom stereocenters. The van der Waals surface area contributed by atoms with Crippen LogP contribution in [0.2, 0.25) is 0 Å². The molecule has 8 nitrogen and oxygen atoms in total. The van der Waals surface area contributed by atoms with Gasteiger partial charge >= 0.3 is 0 Å². The van der Waals surface area contributed by atoms with E-state index in [2.05, 4.69) is 16.9 Å². The minimum absolute atomic E-state index is 0.0422. The van der Waals surface area contributed by atoms with Gasteiger partial charge in [0.05, 0.1) is 13.0 Å². The Morgan fingerprint density at radius 2 is 2.28 bits per heavy atom. The van der Waals surface area contributed by atoms with Crippen LogP contribution in [0.3, 0.4) is 0 Å². The molecule has 0 radical (unpaired) electrons. The molecule has 0 amide bonds. The molecule has 1 aromatic rings. The highest BCUT2D eigenvalue weighted by atomic mass is 16.5. The SMILES string of the molecule is CCC1C=NN2C(=NCc3ccc[n+]([O-])c3)CC(N3CCCC[C@H]3CCO)=NC12. The van der Waals surface area contributed by atoms with E-state index in [0.29, 0.717) is 19.0 Å². The Morgan fingerprint density at radius 1 is 1.38 bits per heavy atom. The van der Waals surface area contributed by atoms with Crippen LogP contribution < -0.4 is 4.73 Å². The molecule has 0 aliphatic carbocycles. The van der Waals surface area contributed by atoms with Gasteiger partial charge in [0.2, 0.25) is 0 Å². The maximum atomic E-state index is 11.6. The fraction of sp³-hybridized carbons (Fsp3) is 0.619. The summed E-state index contributed by atoms with van der Waals surface area (Å²) in [5.74, 6) is 2.25. The molecule has 29 heavy (non-hydrogen) atoms. The molecule has 3 aliphatic heterocycles. The van der Waals surface area contributed by atoms with Gasteiger partial charge in [-0.25, -0.2) is 10.0 Å². The van der Waals surface area contributed by atoms with Gasteiger partial charge in [0, 0.05) is 43.0 Å². The van der Waals surface area contributed by atoms with Crippen molar-refractivity contribution in [2.24, 2.45) is 21.0 Å². The van der Waals surface area contributed by atoms with Crippen LogP contribution in [-0.4, -0.2) is 58.3 Å². The van der Waals surface area contributed by atoms with Gasteiger partial charge in [-0.2, -0.15) is 9.83 Å². The Bertz CT molecular complexity index is 806. The van der Waals surface area contributed by atoms with E-state index >= 15 is 0 Å². The smallest absolute Gasteiger partial charge is 0.185 e. The summed E-state index contributed by atoms with van der Waals surface area (Å²) in [7, 11) is 0. The van der Waals surface area contributed by atoms with E-state index in [0.717, 1.165) is 54.2 Å². The largest absolute Gasteiger partial charge is 0.619 e. The highest BCUT2D eigenvalue weighted by Gasteiger charge is 2.39. The third-order valence-corrected chi connectivity index (χ3v) is 6.05. The highest BCUT2D eigenvalue weighted by Crippen LogP contribution is 2.30. The number of aromatic nitrogens is 1. The van der Waals surface area contributed by atoms with Crippen molar-refractivity contribution in [2.75, 3.05) is 13.2 Å². The molecule has 0 bridgehead atoms. The molecule has 1 N–H and O–H groups in total. The van der Waals surface area contributed by atoms with Gasteiger partial charge in [-0.15, -0.1) is 0 Å². The summed E-state index contributed by atoms with van der Waals surface area (Å²) in [6.45, 7) is 3.79. The molecule has 3 aliphatic rings. The molecule has 2 unspecified atom stereocenters. The summed E-state index contributed by atoms with van der Waals surface area (Å²) in [5.41, 5.74) is 0.877. The number of aliphatic imine (C=N–C) groups is 2. The molecule has 0 aromatic carbocycles. The Morgan fingerprint density at radius 3 is 3.07 bits per heavy atom. The van der Waals surface area contributed by atoms with Gasteiger partial charge in [0.25, 0.3) is 0 Å². The highest BCUT2D eigenvalue weighted by molar-refractivity contribution is 6.05. The number of aliphatic hydroxyl groups excluding tert-OH is 1. The fourth-order valence-electron chi connectivity index (χ4n) is 4.46. The number of likely N-dealkylation sites (tertiary alicyclic amines) is 1. The molecule has 8 heteroatoms. The summed E-state index contributed by atoms with van der Waals surface area (Å²) in [4.78, 5) is 12.3. The first-order valence-electron chi connectivity index (χ1n) is 10.7. The number of hydrazone groups is 1. The lowest BCUT2D eigenvalue weighted by atomic mass is 9.98. The number of nitrogens with zero attached hydrogens (tertiary/aromatic N) is 6. The first-order valence-corrected chi connectivity index (χ1v) is 10.7. The number of piperidine rings is 1. The van der Waals surface area contributed by atoms with E-state index in [4.69, 9.17) is 9.98 Å². The van der Waals surface area contributed by atoms with Gasteiger partial charge < -0.3 is 15.2 Å². The number of amidine groups is 2. The molecule has 4 rings (SSSR count). The second-order valence-corrected chi connectivity index (χ2v) is 7.98. The normalized spacial score (nSPS) is 28.0. The van der Waals surface area contributed by atoms with Crippen molar-refractivity contribution < 1.29 is 9.84 Å². The number of pyridine rings is 1. The number of aliphatic hydroxyl groups is 1. The van der Waals surface area contributed by atoms with Crippen molar-refractivity contribution in [3.8, 4) is 0 Å². The van der Waals surface area contributed by atoms with Crippen molar-refractivity contribution in [3.63, 3.8) is 0 Å². The average Bonchev–Trinajstić information content (AvgIpc) is 3.16. The van der Waals surface area contributed by atoms with E-state index in [1.807, 2.05) is 17.3 Å². The summed E-state index contributed by atoms with van der Waals surface area (Å²) in [5, 5.41) is 27.6. The van der Waals surface area contributed by atoms with Crippen LogP contribution in [0.1, 0.15) is 51.0 Å². The molecule has 1 aromatic heterocycles. The molecule has 0 spiro atoms. The van der Waals surface area contributed by atoms with Gasteiger partial charge in [0.1, 0.15) is 11.7 Å². The molecule has 4 heterocycles. The minimum Gasteiger partial charge on any atom is -0.619 e. The van der Waals surface area contributed by atoms with Crippen LogP contribution in [0.25, 0.3) is 0 Å². The van der Waals surface area contributed by atoms with Gasteiger partial charge in [-0.1, -0.05) is 6.92 Å². The topological polar surface area (TPSA) is 90.7 Å². The first-order chi connectivity index (χ1) is 14.2. The summed E-state index contributed by atoms with van der Waals surface area (Å²) < 4.78 is 0.806. The molecule has 1 saturated heterocycles. The van der Waals surface area contributed by atoms with E-state index in [-0.39, 0.29) is 18.7 Å². The third-order valence-electron chi connectivity index (χ3n) is 6.05. The van der Waals surface area contributed by atoms with E-state index < -0.39 is 0 Å². The van der Waals surface area contributed by atoms with Crippen LogP contribution in [-0.2, 0) is 6.54 Å². The Labute approximate surface area is 171 Å². The fourth-order valence-corrected chi connectivity index (χ4v) is 4.46. The minimum atomic E-state index is -0.0422. The Balaban J connectivity index is 1.60. The molecular formula is C21H30N6O2. The lowest BCUT2D eigenvalue weighted by molar-refractivity contribution is -0.605.